The highest BCUT2D eigenvalue weighted by molar-refractivity contribution is 5.91. The fraction of sp³-hybridized carbons (Fsp3) is 0.562. The number of carbonyl (C=O) groups is 1. The Bertz CT molecular complexity index is 395. The minimum atomic E-state index is -0.368. The number of rotatable bonds is 9. The van der Waals surface area contributed by atoms with Gasteiger partial charge in [0.2, 0.25) is 0 Å². The van der Waals surface area contributed by atoms with E-state index in [0.717, 1.165) is 12.0 Å². The van der Waals surface area contributed by atoms with E-state index in [2.05, 4.69) is 0 Å². The predicted molar refractivity (Wildman–Crippen MR) is 78.0 cm³/mol. The Morgan fingerprint density at radius 3 is 2.20 bits per heavy atom. The summed E-state index contributed by atoms with van der Waals surface area (Å²) in [5, 5.41) is 0. The normalized spacial score (nSPS) is 10.8. The molecule has 0 aliphatic carbocycles. The smallest absolute Gasteiger partial charge is 0.338 e. The molecule has 0 aromatic heterocycles. The third-order valence-corrected chi connectivity index (χ3v) is 2.91. The Kier molecular flexibility index (Phi) is 7.92. The van der Waals surface area contributed by atoms with Crippen LogP contribution in [0.1, 0.15) is 36.7 Å². The summed E-state index contributed by atoms with van der Waals surface area (Å²) in [6, 6.07) is 7.50. The van der Waals surface area contributed by atoms with Gasteiger partial charge >= 0.3 is 5.97 Å². The van der Waals surface area contributed by atoms with Crippen molar-refractivity contribution in [2.45, 2.75) is 33.3 Å². The van der Waals surface area contributed by atoms with Crippen LogP contribution in [-0.2, 0) is 20.6 Å². The van der Waals surface area contributed by atoms with Crippen LogP contribution in [0.4, 0.5) is 0 Å². The molecule has 0 fully saturated rings. The molecule has 0 amide bonds. The summed E-state index contributed by atoms with van der Waals surface area (Å²) in [5.41, 5.74) is 1.61. The van der Waals surface area contributed by atoms with Gasteiger partial charge in [-0.3, -0.25) is 0 Å². The Morgan fingerprint density at radius 1 is 1.05 bits per heavy atom. The van der Waals surface area contributed by atoms with Gasteiger partial charge < -0.3 is 14.2 Å². The van der Waals surface area contributed by atoms with Crippen LogP contribution in [0.5, 0.6) is 0 Å². The average molecular weight is 280 g/mol. The largest absolute Gasteiger partial charge is 0.454 e. The molecule has 0 aliphatic heterocycles. The summed E-state index contributed by atoms with van der Waals surface area (Å²) in [4.78, 5) is 12.2. The molecule has 0 heterocycles. The van der Waals surface area contributed by atoms with Crippen molar-refractivity contribution in [1.82, 2.24) is 0 Å². The van der Waals surface area contributed by atoms with Gasteiger partial charge in [-0.05, 0) is 31.9 Å². The molecule has 0 radical (unpaired) electrons. The molecule has 0 aliphatic rings. The molecular formula is C16H24O4. The van der Waals surface area contributed by atoms with Crippen LogP contribution in [0.3, 0.4) is 0 Å². The molecule has 1 aromatic rings. The van der Waals surface area contributed by atoms with E-state index < -0.39 is 0 Å². The molecule has 0 saturated carbocycles. The molecule has 0 atom stereocenters. The van der Waals surface area contributed by atoms with Gasteiger partial charge in [0, 0.05) is 13.2 Å². The Morgan fingerprint density at radius 2 is 1.65 bits per heavy atom. The first-order chi connectivity index (χ1) is 9.72. The maximum absolute atomic E-state index is 12.2. The minimum Gasteiger partial charge on any atom is -0.454 e. The lowest BCUT2D eigenvalue weighted by atomic mass is 10.1. The number of carbonyl (C=O) groups excluding carboxylic acids is 1. The molecule has 4 nitrogen and oxygen atoms in total. The van der Waals surface area contributed by atoms with Crippen LogP contribution in [0, 0.1) is 0 Å². The highest BCUT2D eigenvalue weighted by atomic mass is 16.6. The quantitative estimate of drug-likeness (QED) is 0.652. The lowest BCUT2D eigenvalue weighted by molar-refractivity contribution is -0.0364. The second kappa shape index (κ2) is 9.50. The molecule has 1 rings (SSSR count). The Labute approximate surface area is 121 Å². The summed E-state index contributed by atoms with van der Waals surface area (Å²) < 4.78 is 16.2. The molecule has 112 valence electrons. The zero-order chi connectivity index (χ0) is 14.8. The number of hydrogen-bond donors (Lipinski definition) is 0. The molecule has 20 heavy (non-hydrogen) atoms. The second-order valence-corrected chi connectivity index (χ2v) is 4.36. The van der Waals surface area contributed by atoms with E-state index in [1.54, 1.807) is 6.07 Å². The predicted octanol–water partition coefficient (Wildman–Crippen LogP) is 2.85. The standard InChI is InChI=1S/C16H24O4/c1-4-13-9-7-8-10-15(13)16(17)20-14(11-18-5-2)12-19-6-3/h7-10,14H,4-6,11-12H2,1-3H3. The van der Waals surface area contributed by atoms with E-state index in [4.69, 9.17) is 14.2 Å². The molecule has 0 spiro atoms. The molecular weight excluding hydrogens is 256 g/mol. The Hall–Kier alpha value is -1.39. The first-order valence-corrected chi connectivity index (χ1v) is 7.17. The van der Waals surface area contributed by atoms with Gasteiger partial charge in [0.1, 0.15) is 6.10 Å². The summed E-state index contributed by atoms with van der Waals surface area (Å²) in [7, 11) is 0. The van der Waals surface area contributed by atoms with Gasteiger partial charge in [-0.25, -0.2) is 4.79 Å². The highest BCUT2D eigenvalue weighted by Crippen LogP contribution is 2.12. The van der Waals surface area contributed by atoms with E-state index >= 15 is 0 Å². The van der Waals surface area contributed by atoms with Crippen LogP contribution in [-0.4, -0.2) is 38.5 Å². The first kappa shape index (κ1) is 16.7. The van der Waals surface area contributed by atoms with Gasteiger partial charge in [0.05, 0.1) is 18.8 Å². The van der Waals surface area contributed by atoms with E-state index in [9.17, 15) is 4.79 Å². The van der Waals surface area contributed by atoms with E-state index in [1.165, 1.54) is 0 Å². The van der Waals surface area contributed by atoms with Gasteiger partial charge in [-0.15, -0.1) is 0 Å². The SMILES string of the molecule is CCOCC(COCC)OC(=O)c1ccccc1CC. The molecule has 0 unspecified atom stereocenters. The van der Waals surface area contributed by atoms with Crippen LogP contribution in [0.15, 0.2) is 24.3 Å². The average Bonchev–Trinajstić information content (AvgIpc) is 2.49. The fourth-order valence-electron chi connectivity index (χ4n) is 1.86. The van der Waals surface area contributed by atoms with Crippen LogP contribution < -0.4 is 0 Å². The Balaban J connectivity index is 2.68. The van der Waals surface area contributed by atoms with Crippen LogP contribution >= 0.6 is 0 Å². The maximum atomic E-state index is 12.2. The third kappa shape index (κ3) is 5.31. The van der Waals surface area contributed by atoms with Crippen molar-refractivity contribution in [2.75, 3.05) is 26.4 Å². The lowest BCUT2D eigenvalue weighted by Crippen LogP contribution is -2.29. The van der Waals surface area contributed by atoms with Crippen molar-refractivity contribution in [3.63, 3.8) is 0 Å². The third-order valence-electron chi connectivity index (χ3n) is 2.91. The van der Waals surface area contributed by atoms with Crippen molar-refractivity contribution in [3.8, 4) is 0 Å². The van der Waals surface area contributed by atoms with Crippen molar-refractivity contribution >= 4 is 5.97 Å². The van der Waals surface area contributed by atoms with Gasteiger partial charge in [0.15, 0.2) is 0 Å². The molecule has 0 bridgehead atoms. The topological polar surface area (TPSA) is 44.8 Å². The van der Waals surface area contributed by atoms with E-state index in [-0.39, 0.29) is 12.1 Å². The molecule has 1 aromatic carbocycles. The summed E-state index contributed by atoms with van der Waals surface area (Å²) in [6.45, 7) is 7.73. The van der Waals surface area contributed by atoms with Crippen molar-refractivity contribution in [3.05, 3.63) is 35.4 Å². The molecule has 0 N–H and O–H groups in total. The van der Waals surface area contributed by atoms with E-state index in [1.807, 2.05) is 39.0 Å². The van der Waals surface area contributed by atoms with Gasteiger partial charge in [-0.1, -0.05) is 25.1 Å². The maximum Gasteiger partial charge on any atom is 0.338 e. The van der Waals surface area contributed by atoms with Crippen molar-refractivity contribution in [2.24, 2.45) is 0 Å². The first-order valence-electron chi connectivity index (χ1n) is 7.17. The van der Waals surface area contributed by atoms with Crippen LogP contribution in [0.25, 0.3) is 0 Å². The molecule has 0 saturated heterocycles. The van der Waals surface area contributed by atoms with Crippen molar-refractivity contribution < 1.29 is 19.0 Å². The summed E-state index contributed by atoms with van der Waals surface area (Å²) in [6.07, 6.45) is 0.430. The highest BCUT2D eigenvalue weighted by Gasteiger charge is 2.18. The zero-order valence-corrected chi connectivity index (χ0v) is 12.6. The summed E-state index contributed by atoms with van der Waals surface area (Å²) >= 11 is 0. The monoisotopic (exact) mass is 280 g/mol. The van der Waals surface area contributed by atoms with Gasteiger partial charge in [0.25, 0.3) is 0 Å². The zero-order valence-electron chi connectivity index (χ0n) is 12.6. The number of hydrogen-bond acceptors (Lipinski definition) is 4. The fourth-order valence-corrected chi connectivity index (χ4v) is 1.86. The number of benzene rings is 1. The molecule has 4 heteroatoms. The minimum absolute atomic E-state index is 0.313. The number of ether oxygens (including phenoxy) is 3. The second-order valence-electron chi connectivity index (χ2n) is 4.36. The van der Waals surface area contributed by atoms with Gasteiger partial charge in [-0.2, -0.15) is 0 Å². The number of aryl methyl sites for hydroxylation is 1. The van der Waals surface area contributed by atoms with E-state index in [0.29, 0.717) is 32.0 Å². The van der Waals surface area contributed by atoms with Crippen molar-refractivity contribution in [1.29, 1.82) is 0 Å². The number of esters is 1. The van der Waals surface area contributed by atoms with Crippen LogP contribution in [0.2, 0.25) is 0 Å². The summed E-state index contributed by atoms with van der Waals surface area (Å²) in [5.74, 6) is -0.313. The lowest BCUT2D eigenvalue weighted by Gasteiger charge is -2.18.